The van der Waals surface area contributed by atoms with Crippen molar-refractivity contribution in [3.8, 4) is 11.5 Å². The van der Waals surface area contributed by atoms with Crippen molar-refractivity contribution < 1.29 is 32.2 Å². The fourth-order valence-corrected chi connectivity index (χ4v) is 5.78. The maximum absolute atomic E-state index is 13.8. The third-order valence-corrected chi connectivity index (χ3v) is 8.19. The van der Waals surface area contributed by atoms with Crippen molar-refractivity contribution in [1.29, 1.82) is 0 Å². The van der Waals surface area contributed by atoms with Crippen LogP contribution >= 0.6 is 0 Å². The molecule has 0 spiro atoms. The van der Waals surface area contributed by atoms with Crippen LogP contribution in [-0.2, 0) is 30.8 Å². The predicted molar refractivity (Wildman–Crippen MR) is 142 cm³/mol. The van der Waals surface area contributed by atoms with E-state index in [9.17, 15) is 18.0 Å². The van der Waals surface area contributed by atoms with Crippen LogP contribution in [0.25, 0.3) is 0 Å². The van der Waals surface area contributed by atoms with Gasteiger partial charge in [-0.15, -0.1) is 0 Å². The molecule has 0 fully saturated rings. The van der Waals surface area contributed by atoms with E-state index in [0.29, 0.717) is 29.2 Å². The Kier molecular flexibility index (Phi) is 8.33. The van der Waals surface area contributed by atoms with Gasteiger partial charge in [-0.2, -0.15) is 4.31 Å². The quantitative estimate of drug-likeness (QED) is 0.386. The van der Waals surface area contributed by atoms with E-state index in [1.54, 1.807) is 37.3 Å². The molecule has 1 aliphatic heterocycles. The number of benzene rings is 3. The highest BCUT2D eigenvalue weighted by Gasteiger charge is 2.36. The number of fused-ring (bicyclic) bond motifs is 1. The molecule has 1 aliphatic rings. The van der Waals surface area contributed by atoms with E-state index in [1.165, 1.54) is 35.6 Å². The van der Waals surface area contributed by atoms with Crippen LogP contribution in [0.1, 0.15) is 11.1 Å². The molecule has 9 nitrogen and oxygen atoms in total. The molecule has 1 atom stereocenters. The first kappa shape index (κ1) is 27.2. The molecule has 0 saturated carbocycles. The van der Waals surface area contributed by atoms with Crippen molar-refractivity contribution in [2.45, 2.75) is 24.3 Å². The number of ether oxygens (including phenoxy) is 3. The number of sulfonamides is 1. The van der Waals surface area contributed by atoms with Crippen LogP contribution in [0.5, 0.6) is 11.5 Å². The molecular formula is C28H30N2O7S. The Balaban J connectivity index is 1.66. The zero-order chi connectivity index (χ0) is 27.3. The number of aryl methyl sites for hydroxylation is 1. The van der Waals surface area contributed by atoms with Gasteiger partial charge in [0.15, 0.2) is 0 Å². The minimum Gasteiger partial charge on any atom is -0.496 e. The second-order valence-corrected chi connectivity index (χ2v) is 10.7. The summed E-state index contributed by atoms with van der Waals surface area (Å²) in [4.78, 5) is 27.4. The number of rotatable bonds is 9. The highest BCUT2D eigenvalue weighted by atomic mass is 32.2. The van der Waals surface area contributed by atoms with Crippen LogP contribution in [0, 0.1) is 6.92 Å². The molecule has 0 N–H and O–H groups in total. The molecule has 0 aliphatic carbocycles. The van der Waals surface area contributed by atoms with Gasteiger partial charge in [-0.05, 0) is 54.8 Å². The van der Waals surface area contributed by atoms with Gasteiger partial charge in [-0.25, -0.2) is 13.2 Å². The molecule has 0 unspecified atom stereocenters. The topological polar surface area (TPSA) is 102 Å². The zero-order valence-electron chi connectivity index (χ0n) is 21.5. The number of anilines is 1. The maximum Gasteiger partial charge on any atom is 0.348 e. The lowest BCUT2D eigenvalue weighted by molar-refractivity contribution is -0.148. The Labute approximate surface area is 222 Å². The summed E-state index contributed by atoms with van der Waals surface area (Å²) in [6.07, 6.45) is -0.620. The average molecular weight is 539 g/mol. The fourth-order valence-electron chi connectivity index (χ4n) is 4.30. The second kappa shape index (κ2) is 11.7. The second-order valence-electron chi connectivity index (χ2n) is 8.81. The van der Waals surface area contributed by atoms with Crippen molar-refractivity contribution in [1.82, 2.24) is 4.31 Å². The minimum absolute atomic E-state index is 0.0616. The van der Waals surface area contributed by atoms with Crippen molar-refractivity contribution >= 4 is 27.6 Å². The summed E-state index contributed by atoms with van der Waals surface area (Å²) in [5.41, 5.74) is 2.05. The molecule has 3 aromatic carbocycles. The molecule has 4 rings (SSSR count). The molecule has 1 heterocycles. The first-order valence-corrected chi connectivity index (χ1v) is 13.5. The third-order valence-electron chi connectivity index (χ3n) is 6.35. The van der Waals surface area contributed by atoms with E-state index in [1.807, 2.05) is 30.3 Å². The molecule has 0 bridgehead atoms. The van der Waals surface area contributed by atoms with Gasteiger partial charge in [0.05, 0.1) is 37.9 Å². The summed E-state index contributed by atoms with van der Waals surface area (Å²) in [6.45, 7) is 1.31. The summed E-state index contributed by atoms with van der Waals surface area (Å²) < 4.78 is 44.6. The molecule has 3 aromatic rings. The van der Waals surface area contributed by atoms with E-state index >= 15 is 0 Å². The Morgan fingerprint density at radius 1 is 1.03 bits per heavy atom. The van der Waals surface area contributed by atoms with Crippen LogP contribution in [0.15, 0.2) is 77.7 Å². The lowest BCUT2D eigenvalue weighted by Gasteiger charge is -2.34. The smallest absolute Gasteiger partial charge is 0.348 e. The standard InChI is InChI=1S/C28H30N2O7S/c1-20-17-22(13-14-24(20)35-2)38(33,34)29(16-15-21-9-5-4-6-10-21)19-27(31)30-18-26(28(32)36-3)37-25-12-8-7-11-23(25)30/h4-14,17,26H,15-16,18-19H2,1-3H3/t26-/m0/s1. The Hall–Kier alpha value is -3.89. The number of hydrogen-bond acceptors (Lipinski definition) is 7. The number of nitrogens with zero attached hydrogens (tertiary/aromatic N) is 2. The van der Waals surface area contributed by atoms with Crippen LogP contribution in [0.3, 0.4) is 0 Å². The molecule has 0 saturated heterocycles. The summed E-state index contributed by atoms with van der Waals surface area (Å²) in [5, 5.41) is 0. The van der Waals surface area contributed by atoms with Crippen molar-refractivity contribution in [2.75, 3.05) is 38.8 Å². The predicted octanol–water partition coefficient (Wildman–Crippen LogP) is 3.20. The van der Waals surface area contributed by atoms with Gasteiger partial charge < -0.3 is 19.1 Å². The summed E-state index contributed by atoms with van der Waals surface area (Å²) in [7, 11) is -1.30. The van der Waals surface area contributed by atoms with Crippen LogP contribution in [0.2, 0.25) is 0 Å². The Bertz CT molecular complexity index is 1410. The maximum atomic E-state index is 13.8. The number of carbonyl (C=O) groups excluding carboxylic acids is 2. The summed E-state index contributed by atoms with van der Waals surface area (Å²) in [6, 6.07) is 20.9. The van der Waals surface area contributed by atoms with Gasteiger partial charge in [-0.3, -0.25) is 4.79 Å². The lowest BCUT2D eigenvalue weighted by Crippen LogP contribution is -2.51. The number of amides is 1. The van der Waals surface area contributed by atoms with Gasteiger partial charge in [0.2, 0.25) is 22.0 Å². The SMILES string of the molecule is COC(=O)[C@@H]1CN(C(=O)CN(CCc2ccccc2)S(=O)(=O)c2ccc(OC)c(C)c2)c2ccccc2O1. The normalized spacial score (nSPS) is 14.9. The molecule has 1 amide bonds. The lowest BCUT2D eigenvalue weighted by atomic mass is 10.1. The molecule has 38 heavy (non-hydrogen) atoms. The Morgan fingerprint density at radius 3 is 2.42 bits per heavy atom. The van der Waals surface area contributed by atoms with E-state index in [0.717, 1.165) is 5.56 Å². The van der Waals surface area contributed by atoms with Crippen LogP contribution < -0.4 is 14.4 Å². The molecule has 0 aromatic heterocycles. The summed E-state index contributed by atoms with van der Waals surface area (Å²) >= 11 is 0. The van der Waals surface area contributed by atoms with Crippen molar-refractivity contribution in [2.24, 2.45) is 0 Å². The minimum atomic E-state index is -4.06. The highest BCUT2D eigenvalue weighted by molar-refractivity contribution is 7.89. The van der Waals surface area contributed by atoms with Crippen LogP contribution in [0.4, 0.5) is 5.69 Å². The van der Waals surface area contributed by atoms with Gasteiger partial charge in [0.1, 0.15) is 11.5 Å². The number of esters is 1. The van der Waals surface area contributed by atoms with Crippen LogP contribution in [-0.4, -0.2) is 64.6 Å². The van der Waals surface area contributed by atoms with E-state index in [2.05, 4.69) is 0 Å². The first-order valence-electron chi connectivity index (χ1n) is 12.1. The van der Waals surface area contributed by atoms with E-state index in [4.69, 9.17) is 14.2 Å². The van der Waals surface area contributed by atoms with E-state index in [-0.39, 0.29) is 18.0 Å². The van der Waals surface area contributed by atoms with Gasteiger partial charge in [-0.1, -0.05) is 42.5 Å². The first-order chi connectivity index (χ1) is 18.2. The van der Waals surface area contributed by atoms with Gasteiger partial charge >= 0.3 is 5.97 Å². The van der Waals surface area contributed by atoms with Crippen molar-refractivity contribution in [3.63, 3.8) is 0 Å². The number of methoxy groups -OCH3 is 2. The summed E-state index contributed by atoms with van der Waals surface area (Å²) in [5.74, 6) is -0.210. The molecular weight excluding hydrogens is 508 g/mol. The highest BCUT2D eigenvalue weighted by Crippen LogP contribution is 2.34. The van der Waals surface area contributed by atoms with Gasteiger partial charge in [0, 0.05) is 6.54 Å². The largest absolute Gasteiger partial charge is 0.496 e. The number of carbonyl (C=O) groups is 2. The average Bonchev–Trinajstić information content (AvgIpc) is 2.94. The van der Waals surface area contributed by atoms with E-state index < -0.39 is 34.5 Å². The fraction of sp³-hybridized carbons (Fsp3) is 0.286. The zero-order valence-corrected chi connectivity index (χ0v) is 22.3. The number of hydrogen-bond donors (Lipinski definition) is 0. The third kappa shape index (κ3) is 5.81. The Morgan fingerprint density at radius 2 is 1.74 bits per heavy atom. The van der Waals surface area contributed by atoms with Gasteiger partial charge in [0.25, 0.3) is 0 Å². The molecule has 200 valence electrons. The van der Waals surface area contributed by atoms with Crippen molar-refractivity contribution in [3.05, 3.63) is 83.9 Å². The molecule has 0 radical (unpaired) electrons. The molecule has 10 heteroatoms. The number of para-hydroxylation sites is 2. The monoisotopic (exact) mass is 538 g/mol.